The van der Waals surface area contributed by atoms with E-state index in [4.69, 9.17) is 10.5 Å². The molecule has 4 nitrogen and oxygen atoms in total. The number of fused-ring (bicyclic) bond motifs is 1. The van der Waals surface area contributed by atoms with Crippen LogP contribution in [-0.4, -0.2) is 30.8 Å². The molecule has 0 amide bonds. The maximum atomic E-state index is 6.30. The number of nitrogens with zero attached hydrogens (tertiary/aromatic N) is 2. The van der Waals surface area contributed by atoms with Crippen LogP contribution < -0.4 is 10.6 Å². The summed E-state index contributed by atoms with van der Waals surface area (Å²) in [5.74, 6) is 0. The van der Waals surface area contributed by atoms with Crippen LogP contribution in [0.2, 0.25) is 0 Å². The molecule has 0 radical (unpaired) electrons. The van der Waals surface area contributed by atoms with Gasteiger partial charge in [-0.1, -0.05) is 6.07 Å². The molecule has 0 saturated carbocycles. The first-order chi connectivity index (χ1) is 8.77. The van der Waals surface area contributed by atoms with Gasteiger partial charge in [-0.3, -0.25) is 4.98 Å². The molecule has 0 bridgehead atoms. The maximum absolute atomic E-state index is 6.30. The van der Waals surface area contributed by atoms with Crippen molar-refractivity contribution in [3.63, 3.8) is 0 Å². The van der Waals surface area contributed by atoms with Gasteiger partial charge in [0.1, 0.15) is 0 Å². The number of aromatic nitrogens is 1. The highest BCUT2D eigenvalue weighted by atomic mass is 16.5. The second-order valence-corrected chi connectivity index (χ2v) is 4.71. The third kappa shape index (κ3) is 1.78. The molecule has 1 aromatic carbocycles. The first-order valence-electron chi connectivity index (χ1n) is 6.24. The van der Waals surface area contributed by atoms with Gasteiger partial charge in [-0.15, -0.1) is 0 Å². The zero-order chi connectivity index (χ0) is 12.5. The van der Waals surface area contributed by atoms with Crippen LogP contribution in [0, 0.1) is 0 Å². The normalized spacial score (nSPS) is 20.3. The maximum Gasteiger partial charge on any atom is 0.0668 e. The minimum atomic E-state index is 0.361. The summed E-state index contributed by atoms with van der Waals surface area (Å²) in [7, 11) is 0. The largest absolute Gasteiger partial charge is 0.397 e. The number of nitrogen functional groups attached to an aromatic ring is 1. The van der Waals surface area contributed by atoms with Crippen molar-refractivity contribution in [2.75, 3.05) is 30.4 Å². The first kappa shape index (κ1) is 11.3. The zero-order valence-electron chi connectivity index (χ0n) is 10.5. The number of rotatable bonds is 1. The molecule has 1 unspecified atom stereocenters. The number of hydrogen-bond donors (Lipinski definition) is 1. The Kier molecular flexibility index (Phi) is 2.80. The monoisotopic (exact) mass is 243 g/mol. The topological polar surface area (TPSA) is 51.4 Å². The van der Waals surface area contributed by atoms with Crippen molar-refractivity contribution in [1.82, 2.24) is 4.98 Å². The van der Waals surface area contributed by atoms with Crippen LogP contribution in [0.3, 0.4) is 0 Å². The van der Waals surface area contributed by atoms with Crippen molar-refractivity contribution in [1.29, 1.82) is 0 Å². The van der Waals surface area contributed by atoms with E-state index in [1.54, 1.807) is 6.20 Å². The molecular formula is C14H17N3O. The van der Waals surface area contributed by atoms with Crippen LogP contribution >= 0.6 is 0 Å². The number of benzene rings is 1. The highest BCUT2D eigenvalue weighted by Crippen LogP contribution is 2.32. The van der Waals surface area contributed by atoms with Crippen molar-refractivity contribution in [3.8, 4) is 0 Å². The Hall–Kier alpha value is -1.81. The second kappa shape index (κ2) is 4.46. The summed E-state index contributed by atoms with van der Waals surface area (Å²) < 4.78 is 5.47. The number of ether oxygens (including phenoxy) is 1. The number of hydrogen-bond acceptors (Lipinski definition) is 4. The number of pyridine rings is 1. The number of anilines is 2. The van der Waals surface area contributed by atoms with Gasteiger partial charge in [-0.2, -0.15) is 0 Å². The van der Waals surface area contributed by atoms with Gasteiger partial charge in [0.25, 0.3) is 0 Å². The lowest BCUT2D eigenvalue weighted by Gasteiger charge is -2.36. The van der Waals surface area contributed by atoms with Crippen LogP contribution in [0.5, 0.6) is 0 Å². The highest BCUT2D eigenvalue weighted by Gasteiger charge is 2.21. The Morgan fingerprint density at radius 3 is 3.11 bits per heavy atom. The standard InChI is InChI=1S/C14H17N3O/c1-10-9-18-7-6-17(10)13-3-2-11-8-16-5-4-12(11)14(13)15/h2-5,8,10H,6-7,9,15H2,1H3. The zero-order valence-corrected chi connectivity index (χ0v) is 10.5. The van der Waals surface area contributed by atoms with Gasteiger partial charge in [-0.05, 0) is 19.1 Å². The van der Waals surface area contributed by atoms with Crippen LogP contribution in [0.15, 0.2) is 30.6 Å². The van der Waals surface area contributed by atoms with Crippen LogP contribution in [0.1, 0.15) is 6.92 Å². The van der Waals surface area contributed by atoms with Gasteiger partial charge in [-0.25, -0.2) is 0 Å². The van der Waals surface area contributed by atoms with Crippen LogP contribution in [0.4, 0.5) is 11.4 Å². The average molecular weight is 243 g/mol. The SMILES string of the molecule is CC1COCCN1c1ccc2cnccc2c1N. The predicted molar refractivity (Wildman–Crippen MR) is 73.8 cm³/mol. The summed E-state index contributed by atoms with van der Waals surface area (Å²) in [6.45, 7) is 4.57. The molecule has 0 aliphatic carbocycles. The van der Waals surface area contributed by atoms with E-state index < -0.39 is 0 Å². The van der Waals surface area contributed by atoms with Crippen molar-refractivity contribution < 1.29 is 4.74 Å². The molecule has 1 saturated heterocycles. The molecule has 1 aliphatic rings. The molecule has 3 rings (SSSR count). The number of morpholine rings is 1. The van der Waals surface area contributed by atoms with Gasteiger partial charge in [0.15, 0.2) is 0 Å². The Bertz CT molecular complexity index is 570. The molecule has 1 aliphatic heterocycles. The molecule has 94 valence electrons. The minimum absolute atomic E-state index is 0.361. The van der Waals surface area contributed by atoms with E-state index in [0.29, 0.717) is 6.04 Å². The van der Waals surface area contributed by atoms with Gasteiger partial charge in [0.05, 0.1) is 24.6 Å². The van der Waals surface area contributed by atoms with Crippen LogP contribution in [-0.2, 0) is 4.74 Å². The molecule has 0 spiro atoms. The minimum Gasteiger partial charge on any atom is -0.397 e. The fourth-order valence-corrected chi connectivity index (χ4v) is 2.52. The summed E-state index contributed by atoms with van der Waals surface area (Å²) >= 11 is 0. The van der Waals surface area contributed by atoms with Gasteiger partial charge in [0.2, 0.25) is 0 Å². The quantitative estimate of drug-likeness (QED) is 0.779. The predicted octanol–water partition coefficient (Wildman–Crippen LogP) is 2.04. The molecule has 1 aromatic heterocycles. The first-order valence-corrected chi connectivity index (χ1v) is 6.24. The summed E-state index contributed by atoms with van der Waals surface area (Å²) in [6.07, 6.45) is 3.63. The smallest absolute Gasteiger partial charge is 0.0668 e. The van der Waals surface area contributed by atoms with E-state index >= 15 is 0 Å². The Morgan fingerprint density at radius 2 is 2.28 bits per heavy atom. The highest BCUT2D eigenvalue weighted by molar-refractivity contribution is 5.98. The van der Waals surface area contributed by atoms with Crippen molar-refractivity contribution >= 4 is 22.1 Å². The van der Waals surface area contributed by atoms with Crippen molar-refractivity contribution in [2.45, 2.75) is 13.0 Å². The molecule has 18 heavy (non-hydrogen) atoms. The summed E-state index contributed by atoms with van der Waals surface area (Å²) in [5.41, 5.74) is 8.24. The molecule has 2 N–H and O–H groups in total. The van der Waals surface area contributed by atoms with Gasteiger partial charge in [0, 0.05) is 35.8 Å². The fraction of sp³-hybridized carbons (Fsp3) is 0.357. The third-order valence-electron chi connectivity index (χ3n) is 3.52. The molecule has 2 heterocycles. The molecule has 1 fully saturated rings. The third-order valence-corrected chi connectivity index (χ3v) is 3.52. The lowest BCUT2D eigenvalue weighted by molar-refractivity contribution is 0.0990. The average Bonchev–Trinajstić information content (AvgIpc) is 2.41. The second-order valence-electron chi connectivity index (χ2n) is 4.71. The summed E-state index contributed by atoms with van der Waals surface area (Å²) in [4.78, 5) is 6.44. The lowest BCUT2D eigenvalue weighted by atomic mass is 10.1. The van der Waals surface area contributed by atoms with Crippen molar-refractivity contribution in [3.05, 3.63) is 30.6 Å². The van der Waals surface area contributed by atoms with E-state index in [1.165, 1.54) is 0 Å². The molecular weight excluding hydrogens is 226 g/mol. The Morgan fingerprint density at radius 1 is 1.39 bits per heavy atom. The summed E-state index contributed by atoms with van der Waals surface area (Å²) in [5, 5.41) is 2.15. The molecule has 2 aromatic rings. The fourth-order valence-electron chi connectivity index (χ4n) is 2.52. The van der Waals surface area contributed by atoms with E-state index in [-0.39, 0.29) is 0 Å². The van der Waals surface area contributed by atoms with E-state index in [0.717, 1.165) is 41.9 Å². The van der Waals surface area contributed by atoms with Crippen LogP contribution in [0.25, 0.3) is 10.8 Å². The molecule has 4 heteroatoms. The number of nitrogens with two attached hydrogens (primary N) is 1. The molecule has 1 atom stereocenters. The lowest BCUT2D eigenvalue weighted by Crippen LogP contribution is -2.44. The summed E-state index contributed by atoms with van der Waals surface area (Å²) in [6, 6.07) is 6.50. The Balaban J connectivity index is 2.09. The van der Waals surface area contributed by atoms with E-state index in [1.807, 2.05) is 12.3 Å². The van der Waals surface area contributed by atoms with Crippen molar-refractivity contribution in [2.24, 2.45) is 0 Å². The van der Waals surface area contributed by atoms with Gasteiger partial charge >= 0.3 is 0 Å². The van der Waals surface area contributed by atoms with Gasteiger partial charge < -0.3 is 15.4 Å². The van der Waals surface area contributed by atoms with E-state index in [9.17, 15) is 0 Å². The van der Waals surface area contributed by atoms with E-state index in [2.05, 4.69) is 28.9 Å². The Labute approximate surface area is 106 Å².